The highest BCUT2D eigenvalue weighted by molar-refractivity contribution is 7.09. The Morgan fingerprint density at radius 3 is 2.26 bits per heavy atom. The summed E-state index contributed by atoms with van der Waals surface area (Å²) < 4.78 is 0. The first-order valence-corrected chi connectivity index (χ1v) is 19.6. The predicted molar refractivity (Wildman–Crippen MR) is 208 cm³/mol. The molecule has 1 aliphatic rings. The number of nitrogens with zero attached hydrogens (tertiary/aromatic N) is 3. The summed E-state index contributed by atoms with van der Waals surface area (Å²) in [6, 6.07) is 7.07. The van der Waals surface area contributed by atoms with Crippen molar-refractivity contribution in [3.05, 3.63) is 52.0 Å². The van der Waals surface area contributed by atoms with Crippen molar-refractivity contribution < 1.29 is 29.4 Å². The van der Waals surface area contributed by atoms with E-state index in [1.165, 1.54) is 0 Å². The molecule has 1 fully saturated rings. The maximum Gasteiger partial charge on any atom is 0.405 e. The molecule has 1 aromatic heterocycles. The van der Waals surface area contributed by atoms with E-state index in [1.807, 2.05) is 49.6 Å². The molecular weight excluding hydrogens is 695 g/mol. The van der Waals surface area contributed by atoms with Crippen LogP contribution in [0.2, 0.25) is 0 Å². The first kappa shape index (κ1) is 43.7. The Morgan fingerprint density at radius 2 is 1.72 bits per heavy atom. The summed E-state index contributed by atoms with van der Waals surface area (Å²) in [6.07, 6.45) is -0.777. The standard InChI is InChI=1S/C39H63N7O6S/c1-11-25(4)31(29-20-40-36(50)46(29)21-27-23-53-35(41-27)24(2)3)33(48)42-28(19-26-15-13-12-14-16-26)30(47)22-45(18-17-38(5,6)7)44-34(49)32(39(8,9)10)43-37(51)52/h12-16,23-25,28-32,43,47H,11,17-22H2,1-10H3,(H,40,50)(H,42,48)(H,44,49)(H,51,52)/t25-,28-,29?,30-,31-,32+/m0/s1. The van der Waals surface area contributed by atoms with Gasteiger partial charge in [0.1, 0.15) is 6.04 Å². The lowest BCUT2D eigenvalue weighted by molar-refractivity contribution is -0.133. The van der Waals surface area contributed by atoms with Gasteiger partial charge in [-0.15, -0.1) is 11.3 Å². The predicted octanol–water partition coefficient (Wildman–Crippen LogP) is 5.36. The molecule has 0 radical (unpaired) electrons. The van der Waals surface area contributed by atoms with Gasteiger partial charge in [-0.1, -0.05) is 106 Å². The Bertz CT molecular complexity index is 1510. The zero-order chi connectivity index (χ0) is 39.7. The van der Waals surface area contributed by atoms with Crippen LogP contribution in [-0.4, -0.2) is 92.9 Å². The third-order valence-electron chi connectivity index (χ3n) is 9.79. The van der Waals surface area contributed by atoms with E-state index in [0.29, 0.717) is 32.4 Å². The molecule has 53 heavy (non-hydrogen) atoms. The summed E-state index contributed by atoms with van der Waals surface area (Å²) in [5.41, 5.74) is 3.73. The summed E-state index contributed by atoms with van der Waals surface area (Å²) in [6.45, 7) is 20.7. The van der Waals surface area contributed by atoms with Crippen LogP contribution in [0.1, 0.15) is 104 Å². The number of thiazole rings is 1. The Labute approximate surface area is 319 Å². The second kappa shape index (κ2) is 19.0. The number of carbonyl (C=O) groups excluding carboxylic acids is 3. The first-order chi connectivity index (χ1) is 24.7. The average molecular weight is 758 g/mol. The Hall–Kier alpha value is -3.75. The molecule has 0 aliphatic carbocycles. The Balaban J connectivity index is 1.92. The number of nitrogens with one attached hydrogen (secondary N) is 4. The second-order valence-electron chi connectivity index (χ2n) is 17.0. The maximum absolute atomic E-state index is 14.5. The number of carbonyl (C=O) groups is 4. The van der Waals surface area contributed by atoms with E-state index in [4.69, 9.17) is 4.98 Å². The molecule has 2 aromatic rings. The third-order valence-corrected chi connectivity index (χ3v) is 11.0. The summed E-state index contributed by atoms with van der Waals surface area (Å²) in [5, 5.41) is 34.5. The molecule has 1 saturated heterocycles. The van der Waals surface area contributed by atoms with Gasteiger partial charge in [0, 0.05) is 30.9 Å². The molecule has 296 valence electrons. The van der Waals surface area contributed by atoms with Gasteiger partial charge in [-0.3, -0.25) is 15.0 Å². The van der Waals surface area contributed by atoms with Gasteiger partial charge >= 0.3 is 12.1 Å². The number of rotatable bonds is 18. The van der Waals surface area contributed by atoms with Crippen LogP contribution in [0.3, 0.4) is 0 Å². The molecule has 0 bridgehead atoms. The quantitative estimate of drug-likeness (QED) is 0.110. The van der Waals surface area contributed by atoms with Crippen LogP contribution in [0, 0.1) is 22.7 Å². The number of benzene rings is 1. The minimum Gasteiger partial charge on any atom is -0.465 e. The normalized spacial score (nSPS) is 17.9. The van der Waals surface area contributed by atoms with Gasteiger partial charge in [0.25, 0.3) is 5.91 Å². The number of hydrogen-bond acceptors (Lipinski definition) is 8. The summed E-state index contributed by atoms with van der Waals surface area (Å²) in [5.74, 6) is -1.22. The van der Waals surface area contributed by atoms with Crippen LogP contribution in [0.4, 0.5) is 9.59 Å². The number of aromatic nitrogens is 1. The average Bonchev–Trinajstić information content (AvgIpc) is 3.68. The number of hydrazine groups is 1. The highest BCUT2D eigenvalue weighted by Gasteiger charge is 2.43. The first-order valence-electron chi connectivity index (χ1n) is 18.8. The fraction of sp³-hybridized carbons (Fsp3) is 0.667. The molecule has 6 atom stereocenters. The van der Waals surface area contributed by atoms with E-state index in [0.717, 1.165) is 16.3 Å². The molecule has 6 N–H and O–H groups in total. The number of urea groups is 1. The minimum absolute atomic E-state index is 0.0326. The highest BCUT2D eigenvalue weighted by atomic mass is 32.1. The van der Waals surface area contributed by atoms with E-state index in [-0.39, 0.29) is 42.3 Å². The van der Waals surface area contributed by atoms with Crippen LogP contribution < -0.4 is 21.4 Å². The van der Waals surface area contributed by atoms with Gasteiger partial charge < -0.3 is 31.1 Å². The zero-order valence-electron chi connectivity index (χ0n) is 33.2. The van der Waals surface area contributed by atoms with Crippen LogP contribution in [0.5, 0.6) is 0 Å². The topological polar surface area (TPSA) is 176 Å². The number of hydrogen-bond donors (Lipinski definition) is 6. The SMILES string of the molecule is CC[C@H](C)[C@H](C(=O)N[C@@H](Cc1ccccc1)[C@@H](O)CN(CCC(C)(C)C)NC(=O)[C@@H](NC(=O)O)C(C)(C)C)C1CNC(=O)N1Cc1csc(C(C)C)n1. The fourth-order valence-corrected chi connectivity index (χ4v) is 7.26. The molecule has 1 aromatic carbocycles. The van der Waals surface area contributed by atoms with Gasteiger partial charge in [0.2, 0.25) is 5.91 Å². The second-order valence-corrected chi connectivity index (χ2v) is 17.9. The molecule has 2 heterocycles. The van der Waals surface area contributed by atoms with Crippen molar-refractivity contribution in [2.45, 2.75) is 125 Å². The number of amides is 5. The molecule has 3 rings (SSSR count). The summed E-state index contributed by atoms with van der Waals surface area (Å²) in [4.78, 5) is 59.3. The molecule has 1 unspecified atom stereocenters. The van der Waals surface area contributed by atoms with Gasteiger partial charge in [-0.05, 0) is 35.2 Å². The molecule has 1 aliphatic heterocycles. The van der Waals surface area contributed by atoms with Crippen molar-refractivity contribution in [3.8, 4) is 0 Å². The van der Waals surface area contributed by atoms with E-state index < -0.39 is 47.6 Å². The maximum atomic E-state index is 14.5. The van der Waals surface area contributed by atoms with Gasteiger partial charge in [-0.2, -0.15) is 0 Å². The molecule has 14 heteroatoms. The Kier molecular flexibility index (Phi) is 15.7. The zero-order valence-corrected chi connectivity index (χ0v) is 34.0. The van der Waals surface area contributed by atoms with E-state index in [2.05, 4.69) is 56.0 Å². The van der Waals surface area contributed by atoms with Gasteiger partial charge in [0.15, 0.2) is 0 Å². The monoisotopic (exact) mass is 757 g/mol. The van der Waals surface area contributed by atoms with E-state index in [9.17, 15) is 29.4 Å². The van der Waals surface area contributed by atoms with Crippen molar-refractivity contribution in [1.29, 1.82) is 0 Å². The lowest BCUT2D eigenvalue weighted by atomic mass is 9.83. The summed E-state index contributed by atoms with van der Waals surface area (Å²) in [7, 11) is 0. The van der Waals surface area contributed by atoms with Gasteiger partial charge in [0.05, 0.1) is 41.4 Å². The van der Waals surface area contributed by atoms with Crippen LogP contribution in [-0.2, 0) is 22.6 Å². The smallest absolute Gasteiger partial charge is 0.405 e. The summed E-state index contributed by atoms with van der Waals surface area (Å²) >= 11 is 1.56. The molecule has 13 nitrogen and oxygen atoms in total. The molecule has 5 amide bonds. The fourth-order valence-electron chi connectivity index (χ4n) is 6.43. The van der Waals surface area contributed by atoms with Crippen molar-refractivity contribution >= 4 is 35.3 Å². The van der Waals surface area contributed by atoms with Crippen LogP contribution in [0.15, 0.2) is 35.7 Å². The lowest BCUT2D eigenvalue weighted by Crippen LogP contribution is -2.60. The minimum atomic E-state index is -1.31. The number of carboxylic acid groups (broad SMARTS) is 1. The Morgan fingerprint density at radius 1 is 1.06 bits per heavy atom. The van der Waals surface area contributed by atoms with Crippen molar-refractivity contribution in [1.82, 2.24) is 36.3 Å². The molecular formula is C39H63N7O6S. The van der Waals surface area contributed by atoms with Crippen molar-refractivity contribution in [3.63, 3.8) is 0 Å². The molecule has 0 saturated carbocycles. The van der Waals surface area contributed by atoms with Gasteiger partial charge in [-0.25, -0.2) is 19.6 Å². The highest BCUT2D eigenvalue weighted by Crippen LogP contribution is 2.29. The lowest BCUT2D eigenvalue weighted by Gasteiger charge is -2.37. The van der Waals surface area contributed by atoms with E-state index in [1.54, 1.807) is 42.0 Å². The van der Waals surface area contributed by atoms with E-state index >= 15 is 0 Å². The third kappa shape index (κ3) is 13.3. The van der Waals surface area contributed by atoms with Crippen molar-refractivity contribution in [2.75, 3.05) is 19.6 Å². The van der Waals surface area contributed by atoms with Crippen LogP contribution >= 0.6 is 11.3 Å². The van der Waals surface area contributed by atoms with Crippen LogP contribution in [0.25, 0.3) is 0 Å². The largest absolute Gasteiger partial charge is 0.465 e. The molecule has 0 spiro atoms. The number of aliphatic hydroxyl groups is 1. The van der Waals surface area contributed by atoms with Crippen molar-refractivity contribution in [2.24, 2.45) is 22.7 Å². The number of aliphatic hydroxyl groups excluding tert-OH is 1.